The lowest BCUT2D eigenvalue weighted by atomic mass is 10.1. The summed E-state index contributed by atoms with van der Waals surface area (Å²) in [6, 6.07) is -1.70. The minimum absolute atomic E-state index is 0.00687. The number of likely N-dealkylation sites (tertiary alicyclic amines) is 1. The van der Waals surface area contributed by atoms with Crippen LogP contribution >= 0.6 is 22.7 Å². The van der Waals surface area contributed by atoms with Crippen LogP contribution in [0.5, 0.6) is 0 Å². The maximum Gasteiger partial charge on any atom is 0.422 e. The van der Waals surface area contributed by atoms with E-state index in [2.05, 4.69) is 20.0 Å². The number of ether oxygens (including phenoxy) is 1. The van der Waals surface area contributed by atoms with Crippen molar-refractivity contribution in [3.63, 3.8) is 0 Å². The third kappa shape index (κ3) is 6.11. The number of nitrogens with zero attached hydrogens (tertiary/aromatic N) is 3. The van der Waals surface area contributed by atoms with Crippen molar-refractivity contribution in [3.05, 3.63) is 16.1 Å². The number of hydrogen-bond acceptors (Lipinski definition) is 8. The Morgan fingerprint density at radius 2 is 1.97 bits per heavy atom. The molecule has 0 bridgehead atoms. The second-order valence-electron chi connectivity index (χ2n) is 7.02. The van der Waals surface area contributed by atoms with Gasteiger partial charge < -0.3 is 15.2 Å². The van der Waals surface area contributed by atoms with Crippen LogP contribution < -0.4 is 5.32 Å². The van der Waals surface area contributed by atoms with Crippen molar-refractivity contribution in [1.29, 1.82) is 0 Å². The number of aromatic nitrogens is 2. The minimum Gasteiger partial charge on any atom is -0.440 e. The van der Waals surface area contributed by atoms with Crippen molar-refractivity contribution in [2.75, 3.05) is 18.5 Å². The van der Waals surface area contributed by atoms with Gasteiger partial charge >= 0.3 is 18.4 Å². The van der Waals surface area contributed by atoms with Crippen LogP contribution in [0, 0.1) is 12.8 Å². The highest BCUT2D eigenvalue weighted by atomic mass is 32.1. The van der Waals surface area contributed by atoms with E-state index in [1.54, 1.807) is 12.3 Å². The molecule has 2 N–H and O–H groups in total. The van der Waals surface area contributed by atoms with E-state index in [-0.39, 0.29) is 11.7 Å². The van der Waals surface area contributed by atoms with E-state index in [1.807, 2.05) is 0 Å². The molecule has 8 nitrogen and oxygen atoms in total. The van der Waals surface area contributed by atoms with Gasteiger partial charge in [0.05, 0.1) is 28.8 Å². The van der Waals surface area contributed by atoms with Crippen molar-refractivity contribution < 1.29 is 45.8 Å². The van der Waals surface area contributed by atoms with E-state index in [1.165, 1.54) is 11.3 Å². The van der Waals surface area contributed by atoms with E-state index in [0.29, 0.717) is 26.2 Å². The van der Waals surface area contributed by atoms with Crippen LogP contribution in [-0.2, 0) is 16.1 Å². The second-order valence-corrected chi connectivity index (χ2v) is 8.96. The summed E-state index contributed by atoms with van der Waals surface area (Å²) < 4.78 is 80.5. The average Bonchev–Trinajstić information content (AvgIpc) is 3.42. The summed E-state index contributed by atoms with van der Waals surface area (Å²) in [5.41, 5.74) is 0.987. The van der Waals surface area contributed by atoms with Gasteiger partial charge in [-0.3, -0.25) is 9.69 Å². The fraction of sp³-hybridized carbons (Fsp3) is 0.529. The van der Waals surface area contributed by atoms with Gasteiger partial charge in [0.1, 0.15) is 11.0 Å². The van der Waals surface area contributed by atoms with Crippen LogP contribution in [0.3, 0.4) is 0 Å². The van der Waals surface area contributed by atoms with E-state index in [4.69, 9.17) is 0 Å². The molecule has 0 aliphatic carbocycles. The number of hydrogen-bond donors (Lipinski definition) is 2. The number of anilines is 1. The highest BCUT2D eigenvalue weighted by Gasteiger charge is 2.51. The molecular weight excluding hydrogens is 502 g/mol. The molecule has 0 spiro atoms. The van der Waals surface area contributed by atoms with Crippen molar-refractivity contribution in [3.8, 4) is 10.6 Å². The minimum atomic E-state index is -4.88. The molecule has 1 unspecified atom stereocenters. The molecule has 1 aliphatic rings. The van der Waals surface area contributed by atoms with Crippen LogP contribution in [0.25, 0.3) is 10.6 Å². The molecule has 2 atom stereocenters. The lowest BCUT2D eigenvalue weighted by molar-refractivity contribution is -0.172. The summed E-state index contributed by atoms with van der Waals surface area (Å²) in [6.45, 7) is -1.59. The van der Waals surface area contributed by atoms with Gasteiger partial charge in [0.15, 0.2) is 11.7 Å². The Hall–Kier alpha value is -2.46. The highest BCUT2D eigenvalue weighted by molar-refractivity contribution is 7.17. The maximum absolute atomic E-state index is 13.2. The first-order chi connectivity index (χ1) is 15.3. The van der Waals surface area contributed by atoms with Gasteiger partial charge in [-0.05, 0) is 13.3 Å². The molecular formula is C17H16F6N4O4S2. The zero-order valence-corrected chi connectivity index (χ0v) is 18.3. The normalized spacial score (nSPS) is 19.1. The first-order valence-corrected chi connectivity index (χ1v) is 10.9. The quantitative estimate of drug-likeness (QED) is 0.581. The van der Waals surface area contributed by atoms with Crippen molar-refractivity contribution in [2.24, 2.45) is 5.92 Å². The lowest BCUT2D eigenvalue weighted by Gasteiger charge is -2.23. The summed E-state index contributed by atoms with van der Waals surface area (Å²) in [6.07, 6.45) is -12.1. The van der Waals surface area contributed by atoms with Crippen LogP contribution in [-0.4, -0.2) is 63.5 Å². The van der Waals surface area contributed by atoms with E-state index < -0.39 is 55.9 Å². The number of aryl methyl sites for hydroxylation is 1. The number of halogens is 6. The molecule has 33 heavy (non-hydrogen) atoms. The molecule has 2 aromatic rings. The Kier molecular flexibility index (Phi) is 7.18. The fourth-order valence-corrected chi connectivity index (χ4v) is 4.80. The molecule has 16 heteroatoms. The zero-order chi connectivity index (χ0) is 24.6. The number of thiazole rings is 2. The summed E-state index contributed by atoms with van der Waals surface area (Å²) >= 11 is 2.12. The van der Waals surface area contributed by atoms with E-state index in [0.717, 1.165) is 11.3 Å². The summed E-state index contributed by atoms with van der Waals surface area (Å²) in [7, 11) is 0. The number of rotatable bonds is 5. The van der Waals surface area contributed by atoms with Crippen molar-refractivity contribution in [2.45, 2.75) is 38.3 Å². The third-order valence-electron chi connectivity index (χ3n) is 4.60. The molecule has 3 rings (SSSR count). The molecule has 2 amide bonds. The van der Waals surface area contributed by atoms with Crippen LogP contribution in [0.4, 0.5) is 36.3 Å². The number of aliphatic hydroxyl groups is 1. The first kappa shape index (κ1) is 25.2. The molecule has 3 heterocycles. The first-order valence-electron chi connectivity index (χ1n) is 9.19. The smallest absolute Gasteiger partial charge is 0.422 e. The summed E-state index contributed by atoms with van der Waals surface area (Å²) in [4.78, 5) is 33.9. The van der Waals surface area contributed by atoms with Gasteiger partial charge in [-0.25, -0.2) is 14.8 Å². The zero-order valence-electron chi connectivity index (χ0n) is 16.7. The average molecular weight is 518 g/mol. The van der Waals surface area contributed by atoms with E-state index in [9.17, 15) is 41.0 Å². The number of nitrogens with one attached hydrogen (secondary N) is 1. The Labute approximate surface area is 190 Å². The number of carbonyl (C=O) groups excluding carboxylic acids is 2. The topological polar surface area (TPSA) is 105 Å². The summed E-state index contributed by atoms with van der Waals surface area (Å²) in [5, 5.41) is 13.5. The van der Waals surface area contributed by atoms with Crippen LogP contribution in [0.15, 0.2) is 5.38 Å². The maximum atomic E-state index is 13.2. The predicted octanol–water partition coefficient (Wildman–Crippen LogP) is 3.96. The fourth-order valence-electron chi connectivity index (χ4n) is 3.13. The van der Waals surface area contributed by atoms with Crippen LogP contribution in [0.1, 0.15) is 17.1 Å². The molecule has 1 aliphatic heterocycles. The van der Waals surface area contributed by atoms with Crippen LogP contribution in [0.2, 0.25) is 0 Å². The van der Waals surface area contributed by atoms with Gasteiger partial charge in [0.25, 0.3) is 0 Å². The second kappa shape index (κ2) is 9.42. The molecule has 1 fully saturated rings. The Morgan fingerprint density at radius 1 is 1.27 bits per heavy atom. The number of aliphatic hydroxyl groups excluding tert-OH is 1. The van der Waals surface area contributed by atoms with Crippen molar-refractivity contribution in [1.82, 2.24) is 14.9 Å². The van der Waals surface area contributed by atoms with E-state index >= 15 is 0 Å². The largest absolute Gasteiger partial charge is 0.440 e. The van der Waals surface area contributed by atoms with Gasteiger partial charge in [0, 0.05) is 11.9 Å². The standard InChI is InChI=1S/C17H16F6N4O4S2/c1-7-12(33-11(4-28)24-7)9-5-32-14(25-9)26-13(29)10-2-8(17(21,22)23)3-27(10)15(30)31-6-16(18,19)20/h5,8,10,28H,2-4,6H2,1H3,(H,25,26,29)/t8-,10?/m0/s1. The van der Waals surface area contributed by atoms with Gasteiger partial charge in [-0.2, -0.15) is 26.3 Å². The van der Waals surface area contributed by atoms with Gasteiger partial charge in [0.2, 0.25) is 5.91 Å². The lowest BCUT2D eigenvalue weighted by Crippen LogP contribution is -2.44. The predicted molar refractivity (Wildman–Crippen MR) is 105 cm³/mol. The van der Waals surface area contributed by atoms with Gasteiger partial charge in [-0.15, -0.1) is 22.7 Å². The highest BCUT2D eigenvalue weighted by Crippen LogP contribution is 2.38. The number of alkyl halides is 6. The molecule has 182 valence electrons. The van der Waals surface area contributed by atoms with Gasteiger partial charge in [-0.1, -0.05) is 0 Å². The number of carbonyl (C=O) groups is 2. The Balaban J connectivity index is 1.75. The SMILES string of the molecule is Cc1nc(CO)sc1-c1csc(NC(=O)C2C[C@H](C(F)(F)F)CN2C(=O)OCC(F)(F)F)n1. The molecule has 2 aromatic heterocycles. The third-order valence-corrected chi connectivity index (χ3v) is 6.53. The Bertz CT molecular complexity index is 1020. The molecule has 0 radical (unpaired) electrons. The summed E-state index contributed by atoms with van der Waals surface area (Å²) in [5.74, 6) is -3.14. The molecule has 0 saturated carbocycles. The van der Waals surface area contributed by atoms with Crippen molar-refractivity contribution >= 4 is 39.8 Å². The Morgan fingerprint density at radius 3 is 2.55 bits per heavy atom. The number of amides is 2. The monoisotopic (exact) mass is 518 g/mol. The molecule has 1 saturated heterocycles. The molecule has 0 aromatic carbocycles.